The monoisotopic (exact) mass is 682 g/mol. The summed E-state index contributed by atoms with van der Waals surface area (Å²) < 4.78 is 39.7. The number of pyridine rings is 2. The standard InChI is InChI=1S/C37H37F3N8O2/c1-46-19-15-30(16-20-46)47(2)29-11-9-28(10-12-29)44-36-43-23-27-21-25(7-13-32(27)45-36)5-3-17-41-34(49)31-6-4-18-48(35(31)50)24-26-8-14-33(42-22-26)37(38,39)40/h3-14,18,21-23,30H,15-17,19-20,24H2,1-2H3,(H,41,49)(H,43,44,45). The molecule has 0 spiro atoms. The van der Waals surface area contributed by atoms with Crippen molar-refractivity contribution in [3.05, 3.63) is 124 Å². The Morgan fingerprint density at radius 2 is 1.80 bits per heavy atom. The van der Waals surface area contributed by atoms with E-state index in [9.17, 15) is 22.8 Å². The van der Waals surface area contributed by atoms with Crippen LogP contribution in [0.15, 0.2) is 96.2 Å². The number of piperidine rings is 1. The lowest BCUT2D eigenvalue weighted by Gasteiger charge is -2.36. The van der Waals surface area contributed by atoms with E-state index in [0.717, 1.165) is 60.3 Å². The van der Waals surface area contributed by atoms with Gasteiger partial charge in [-0.3, -0.25) is 14.6 Å². The number of rotatable bonds is 10. The minimum Gasteiger partial charge on any atom is -0.372 e. The fourth-order valence-corrected chi connectivity index (χ4v) is 5.88. The number of amides is 1. The lowest BCUT2D eigenvalue weighted by Crippen LogP contribution is -2.41. The Kier molecular flexibility index (Phi) is 10.2. The molecule has 0 atom stereocenters. The molecule has 4 heterocycles. The predicted molar refractivity (Wildman–Crippen MR) is 189 cm³/mol. The van der Waals surface area contributed by atoms with Gasteiger partial charge in [-0.25, -0.2) is 9.97 Å². The third-order valence-corrected chi connectivity index (χ3v) is 8.79. The second kappa shape index (κ2) is 14.9. The number of aromatic nitrogens is 4. The zero-order chi connectivity index (χ0) is 35.3. The van der Waals surface area contributed by atoms with Gasteiger partial charge < -0.3 is 25.0 Å². The van der Waals surface area contributed by atoms with Gasteiger partial charge in [-0.15, -0.1) is 0 Å². The molecule has 1 aliphatic rings. The summed E-state index contributed by atoms with van der Waals surface area (Å²) in [6.45, 7) is 2.37. The summed E-state index contributed by atoms with van der Waals surface area (Å²) in [5, 5.41) is 6.85. The molecule has 0 saturated carbocycles. The van der Waals surface area contributed by atoms with E-state index in [1.54, 1.807) is 12.3 Å². The van der Waals surface area contributed by atoms with Gasteiger partial charge in [-0.05, 0) is 98.7 Å². The van der Waals surface area contributed by atoms with Gasteiger partial charge in [0.25, 0.3) is 11.5 Å². The van der Waals surface area contributed by atoms with Gasteiger partial charge in [0.05, 0.1) is 12.1 Å². The van der Waals surface area contributed by atoms with E-state index in [0.29, 0.717) is 17.6 Å². The Morgan fingerprint density at radius 3 is 2.52 bits per heavy atom. The first kappa shape index (κ1) is 34.3. The van der Waals surface area contributed by atoms with Crippen LogP contribution < -0.4 is 21.1 Å². The summed E-state index contributed by atoms with van der Waals surface area (Å²) in [5.74, 6) is -0.0682. The van der Waals surface area contributed by atoms with E-state index in [1.807, 2.05) is 36.4 Å². The quantitative estimate of drug-likeness (QED) is 0.186. The molecule has 10 nitrogen and oxygen atoms in total. The average Bonchev–Trinajstić information content (AvgIpc) is 3.11. The first-order valence-electron chi connectivity index (χ1n) is 16.2. The maximum absolute atomic E-state index is 12.9. The zero-order valence-electron chi connectivity index (χ0n) is 27.7. The van der Waals surface area contributed by atoms with Gasteiger partial charge in [-0.2, -0.15) is 13.2 Å². The highest BCUT2D eigenvalue weighted by Crippen LogP contribution is 2.27. The number of hydrogen-bond donors (Lipinski definition) is 2. The van der Waals surface area contributed by atoms with Crippen LogP contribution in [0.25, 0.3) is 17.0 Å². The smallest absolute Gasteiger partial charge is 0.372 e. The SMILES string of the molecule is CN1CCC(N(C)c2ccc(Nc3ncc4cc(C=CCNC(=O)c5cccn(Cc6ccc(C(F)(F)F)nc6)c5=O)ccc4n3)cc2)CC1. The Morgan fingerprint density at radius 1 is 1.02 bits per heavy atom. The second-order valence-corrected chi connectivity index (χ2v) is 12.3. The van der Waals surface area contributed by atoms with Gasteiger partial charge in [0.1, 0.15) is 11.3 Å². The minimum absolute atomic E-state index is 0.0298. The molecular formula is C37H37F3N8O2. The topological polar surface area (TPSA) is 108 Å². The molecule has 258 valence electrons. The normalized spacial score (nSPS) is 14.3. The molecule has 0 radical (unpaired) electrons. The van der Waals surface area contributed by atoms with Gasteiger partial charge in [-0.1, -0.05) is 24.3 Å². The van der Waals surface area contributed by atoms with Crippen molar-refractivity contribution in [3.63, 3.8) is 0 Å². The summed E-state index contributed by atoms with van der Waals surface area (Å²) in [6, 6.07) is 19.7. The summed E-state index contributed by atoms with van der Waals surface area (Å²) >= 11 is 0. The van der Waals surface area contributed by atoms with E-state index >= 15 is 0 Å². The summed E-state index contributed by atoms with van der Waals surface area (Å²) in [4.78, 5) is 43.0. The van der Waals surface area contributed by atoms with Crippen LogP contribution in [0, 0.1) is 0 Å². The van der Waals surface area contributed by atoms with E-state index < -0.39 is 23.3 Å². The Balaban J connectivity index is 1.02. The maximum atomic E-state index is 12.9. The van der Waals surface area contributed by atoms with E-state index in [1.165, 1.54) is 34.7 Å². The first-order chi connectivity index (χ1) is 24.0. The van der Waals surface area contributed by atoms with Crippen LogP contribution >= 0.6 is 0 Å². The molecule has 1 saturated heterocycles. The lowest BCUT2D eigenvalue weighted by atomic mass is 10.0. The van der Waals surface area contributed by atoms with Gasteiger partial charge in [0.15, 0.2) is 0 Å². The fraction of sp³-hybridized carbons (Fsp3) is 0.270. The molecule has 0 aliphatic carbocycles. The number of fused-ring (bicyclic) bond motifs is 1. The molecule has 2 N–H and O–H groups in total. The zero-order valence-corrected chi connectivity index (χ0v) is 27.7. The predicted octanol–water partition coefficient (Wildman–Crippen LogP) is 5.97. The van der Waals surface area contributed by atoms with Crippen LogP contribution in [-0.2, 0) is 12.7 Å². The summed E-state index contributed by atoms with van der Waals surface area (Å²) in [7, 11) is 4.33. The molecule has 2 aromatic carbocycles. The van der Waals surface area contributed by atoms with Crippen molar-refractivity contribution >= 4 is 40.2 Å². The number of carbonyl (C=O) groups excluding carboxylic acids is 1. The number of nitrogens with one attached hydrogen (secondary N) is 2. The molecule has 0 unspecified atom stereocenters. The van der Waals surface area contributed by atoms with Crippen LogP contribution in [0.5, 0.6) is 0 Å². The van der Waals surface area contributed by atoms with Crippen LogP contribution in [0.2, 0.25) is 0 Å². The third kappa shape index (κ3) is 8.35. The number of nitrogens with zero attached hydrogens (tertiary/aromatic N) is 6. The van der Waals surface area contributed by atoms with Gasteiger partial charge in [0.2, 0.25) is 5.95 Å². The maximum Gasteiger partial charge on any atom is 0.433 e. The van der Waals surface area contributed by atoms with Crippen molar-refractivity contribution in [2.75, 3.05) is 43.9 Å². The average molecular weight is 683 g/mol. The van der Waals surface area contributed by atoms with Gasteiger partial charge >= 0.3 is 6.18 Å². The number of anilines is 3. The van der Waals surface area contributed by atoms with Crippen molar-refractivity contribution < 1.29 is 18.0 Å². The van der Waals surface area contributed by atoms with Crippen molar-refractivity contribution in [2.24, 2.45) is 0 Å². The van der Waals surface area contributed by atoms with Crippen LogP contribution in [0.4, 0.5) is 30.5 Å². The summed E-state index contributed by atoms with van der Waals surface area (Å²) in [6.07, 6.45) is 5.66. The number of halogens is 3. The molecule has 50 heavy (non-hydrogen) atoms. The van der Waals surface area contributed by atoms with Crippen molar-refractivity contribution in [3.8, 4) is 0 Å². The molecule has 13 heteroatoms. The largest absolute Gasteiger partial charge is 0.433 e. The minimum atomic E-state index is -4.55. The van der Waals surface area contributed by atoms with Crippen LogP contribution in [-0.4, -0.2) is 70.1 Å². The van der Waals surface area contributed by atoms with Crippen molar-refractivity contribution in [1.29, 1.82) is 0 Å². The van der Waals surface area contributed by atoms with E-state index in [-0.39, 0.29) is 18.7 Å². The Bertz CT molecular complexity index is 2040. The Hall–Kier alpha value is -5.56. The highest BCUT2D eigenvalue weighted by atomic mass is 19.4. The number of benzene rings is 2. The Labute approximate surface area is 287 Å². The molecule has 5 aromatic rings. The second-order valence-electron chi connectivity index (χ2n) is 12.3. The molecule has 0 bridgehead atoms. The molecule has 3 aromatic heterocycles. The van der Waals surface area contributed by atoms with E-state index in [4.69, 9.17) is 0 Å². The molecule has 6 rings (SSSR count). The molecule has 1 aliphatic heterocycles. The van der Waals surface area contributed by atoms with E-state index in [2.05, 4.69) is 61.6 Å². The number of alkyl halides is 3. The number of likely N-dealkylation sites (tertiary alicyclic amines) is 1. The number of hydrogen-bond acceptors (Lipinski definition) is 8. The molecule has 1 fully saturated rings. The lowest BCUT2D eigenvalue weighted by molar-refractivity contribution is -0.141. The molecule has 1 amide bonds. The highest BCUT2D eigenvalue weighted by Gasteiger charge is 2.32. The van der Waals surface area contributed by atoms with Crippen molar-refractivity contribution in [1.82, 2.24) is 29.7 Å². The van der Waals surface area contributed by atoms with Crippen molar-refractivity contribution in [2.45, 2.75) is 31.6 Å². The van der Waals surface area contributed by atoms with Crippen LogP contribution in [0.1, 0.15) is 40.0 Å². The first-order valence-corrected chi connectivity index (χ1v) is 16.2. The summed E-state index contributed by atoms with van der Waals surface area (Å²) in [5.41, 5.74) is 2.47. The fourth-order valence-electron chi connectivity index (χ4n) is 5.88. The van der Waals surface area contributed by atoms with Gasteiger partial charge in [0, 0.05) is 55.0 Å². The third-order valence-electron chi connectivity index (χ3n) is 8.79. The number of carbonyl (C=O) groups is 1. The highest BCUT2D eigenvalue weighted by molar-refractivity contribution is 5.94. The molecular weight excluding hydrogens is 645 g/mol. The van der Waals surface area contributed by atoms with Crippen LogP contribution in [0.3, 0.4) is 0 Å².